The van der Waals surface area contributed by atoms with Crippen LogP contribution >= 0.6 is 0 Å². The number of aliphatic hydroxyl groups is 2. The summed E-state index contributed by atoms with van der Waals surface area (Å²) >= 11 is 0. The van der Waals surface area contributed by atoms with Gasteiger partial charge >= 0.3 is 5.97 Å². The normalized spacial score (nSPS) is 16.3. The van der Waals surface area contributed by atoms with Crippen LogP contribution in [0.15, 0.2) is 95.9 Å². The number of anilines is 1. The number of aliphatic hydroxyl groups excluding tert-OH is 1. The number of benzene rings is 3. The van der Waals surface area contributed by atoms with E-state index in [-0.39, 0.29) is 50.0 Å². The summed E-state index contributed by atoms with van der Waals surface area (Å²) in [5.41, 5.74) is -0.227. The van der Waals surface area contributed by atoms with E-state index in [2.05, 4.69) is 5.10 Å². The van der Waals surface area contributed by atoms with Gasteiger partial charge in [-0.05, 0) is 42.7 Å². The Hall–Kier alpha value is -5.13. The molecular formula is C37H40N4O7. The van der Waals surface area contributed by atoms with Gasteiger partial charge < -0.3 is 24.7 Å². The third-order valence-electron chi connectivity index (χ3n) is 8.75. The topological polar surface area (TPSA) is 142 Å². The number of amides is 2. The second-order valence-electron chi connectivity index (χ2n) is 11.9. The number of esters is 1. The lowest BCUT2D eigenvalue weighted by atomic mass is 9.82. The van der Waals surface area contributed by atoms with Gasteiger partial charge in [-0.1, -0.05) is 67.6 Å². The smallest absolute Gasteiger partial charge is 0.305 e. The average molecular weight is 653 g/mol. The zero-order chi connectivity index (χ0) is 34.3. The van der Waals surface area contributed by atoms with Gasteiger partial charge in [0.15, 0.2) is 5.60 Å². The summed E-state index contributed by atoms with van der Waals surface area (Å²) in [6.45, 7) is 2.28. The fraction of sp³-hybridized carbons (Fsp3) is 0.324. The van der Waals surface area contributed by atoms with Crippen LogP contribution in [0, 0.1) is 5.92 Å². The Morgan fingerprint density at radius 3 is 2.54 bits per heavy atom. The summed E-state index contributed by atoms with van der Waals surface area (Å²) in [4.78, 5) is 55.3. The van der Waals surface area contributed by atoms with Crippen molar-refractivity contribution in [3.63, 3.8) is 0 Å². The maximum absolute atomic E-state index is 14.1. The number of hydrogen-bond acceptors (Lipinski definition) is 8. The second-order valence-corrected chi connectivity index (χ2v) is 11.9. The molecule has 1 aliphatic rings. The van der Waals surface area contributed by atoms with Crippen LogP contribution in [0.25, 0.3) is 16.5 Å². The minimum absolute atomic E-state index is 0.00197. The fourth-order valence-electron chi connectivity index (χ4n) is 6.06. The third-order valence-corrected chi connectivity index (χ3v) is 8.75. The number of carbonyl (C=O) groups is 3. The lowest BCUT2D eigenvalue weighted by molar-refractivity contribution is -0.140. The summed E-state index contributed by atoms with van der Waals surface area (Å²) in [6.07, 6.45) is 6.06. The van der Waals surface area contributed by atoms with Crippen molar-refractivity contribution in [3.8, 4) is 5.69 Å². The predicted molar refractivity (Wildman–Crippen MR) is 181 cm³/mol. The van der Waals surface area contributed by atoms with Crippen LogP contribution in [0.5, 0.6) is 0 Å². The molecule has 0 fully saturated rings. The Bertz CT molecular complexity index is 1870. The fourth-order valence-corrected chi connectivity index (χ4v) is 6.06. The van der Waals surface area contributed by atoms with Crippen LogP contribution in [-0.4, -0.2) is 69.5 Å². The van der Waals surface area contributed by atoms with Crippen LogP contribution < -0.4 is 10.5 Å². The van der Waals surface area contributed by atoms with Gasteiger partial charge in [-0.3, -0.25) is 19.2 Å². The number of hydrogen-bond donors (Lipinski definition) is 2. The lowest BCUT2D eigenvalue weighted by Gasteiger charge is -2.28. The summed E-state index contributed by atoms with van der Waals surface area (Å²) in [5, 5.41) is 27.3. The Morgan fingerprint density at radius 2 is 1.79 bits per heavy atom. The van der Waals surface area contributed by atoms with E-state index in [4.69, 9.17) is 4.74 Å². The summed E-state index contributed by atoms with van der Waals surface area (Å²) in [5.74, 6) is -1.86. The molecule has 0 radical (unpaired) electrons. The first-order valence-electron chi connectivity index (χ1n) is 16.0. The van der Waals surface area contributed by atoms with Crippen molar-refractivity contribution >= 4 is 34.2 Å². The van der Waals surface area contributed by atoms with Crippen molar-refractivity contribution in [2.24, 2.45) is 5.92 Å². The Balaban J connectivity index is 1.43. The summed E-state index contributed by atoms with van der Waals surface area (Å²) in [7, 11) is 1.33. The number of ether oxygens (including phenoxy) is 1. The highest BCUT2D eigenvalue weighted by Gasteiger charge is 2.52. The third kappa shape index (κ3) is 7.07. The van der Waals surface area contributed by atoms with E-state index in [1.54, 1.807) is 66.6 Å². The van der Waals surface area contributed by atoms with Crippen LogP contribution in [0.3, 0.4) is 0 Å². The molecule has 0 bridgehead atoms. The molecule has 48 heavy (non-hydrogen) atoms. The number of carbonyl (C=O) groups excluding carboxylic acids is 3. The SMILES string of the molecule is COC(=O)CCCCN1C(=O)[C@@](O)([C@@H](C)/C=C/CC(=O)N(CCO)Cc2ccccc2)c2cc(-n3ncc4ccccc4c3=O)ccc21. The van der Waals surface area contributed by atoms with Crippen molar-refractivity contribution in [2.45, 2.75) is 44.8 Å². The molecule has 11 nitrogen and oxygen atoms in total. The van der Waals surface area contributed by atoms with E-state index in [0.29, 0.717) is 47.1 Å². The van der Waals surface area contributed by atoms with Crippen molar-refractivity contribution < 1.29 is 29.3 Å². The zero-order valence-corrected chi connectivity index (χ0v) is 27.1. The van der Waals surface area contributed by atoms with Crippen LogP contribution in [0.1, 0.15) is 43.7 Å². The second kappa shape index (κ2) is 15.2. The molecule has 5 rings (SSSR count). The molecule has 3 aromatic carbocycles. The number of methoxy groups -OCH3 is 1. The van der Waals surface area contributed by atoms with E-state index in [9.17, 15) is 29.4 Å². The predicted octanol–water partition coefficient (Wildman–Crippen LogP) is 3.87. The van der Waals surface area contributed by atoms with Gasteiger partial charge in [0.05, 0.1) is 36.7 Å². The van der Waals surface area contributed by atoms with Gasteiger partial charge in [-0.2, -0.15) is 9.78 Å². The van der Waals surface area contributed by atoms with Gasteiger partial charge in [-0.15, -0.1) is 0 Å². The van der Waals surface area contributed by atoms with E-state index < -0.39 is 17.4 Å². The van der Waals surface area contributed by atoms with Crippen LogP contribution in [0.2, 0.25) is 0 Å². The molecule has 1 aliphatic heterocycles. The molecule has 2 N–H and O–H groups in total. The minimum atomic E-state index is -2.01. The van der Waals surface area contributed by atoms with Crippen LogP contribution in [0.4, 0.5) is 5.69 Å². The monoisotopic (exact) mass is 652 g/mol. The van der Waals surface area contributed by atoms with Gasteiger partial charge in [0.1, 0.15) is 0 Å². The molecule has 0 saturated heterocycles. The molecule has 11 heteroatoms. The minimum Gasteiger partial charge on any atom is -0.469 e. The van der Waals surface area contributed by atoms with Gasteiger partial charge in [0, 0.05) is 49.3 Å². The Morgan fingerprint density at radius 1 is 1.04 bits per heavy atom. The van der Waals surface area contributed by atoms with Gasteiger partial charge in [0.25, 0.3) is 11.5 Å². The number of aromatic nitrogens is 2. The molecule has 2 amide bonds. The van der Waals surface area contributed by atoms with Crippen molar-refractivity contribution in [3.05, 3.63) is 113 Å². The highest BCUT2D eigenvalue weighted by atomic mass is 16.5. The van der Waals surface area contributed by atoms with E-state index in [1.165, 1.54) is 16.7 Å². The lowest BCUT2D eigenvalue weighted by Crippen LogP contribution is -2.44. The molecule has 250 valence electrons. The first-order chi connectivity index (χ1) is 23.2. The quantitative estimate of drug-likeness (QED) is 0.119. The van der Waals surface area contributed by atoms with E-state index >= 15 is 0 Å². The molecule has 0 unspecified atom stereocenters. The maximum atomic E-state index is 14.1. The van der Waals surface area contributed by atoms with Crippen molar-refractivity contribution in [1.82, 2.24) is 14.7 Å². The van der Waals surface area contributed by atoms with Crippen LogP contribution in [-0.2, 0) is 31.3 Å². The Labute approximate surface area is 278 Å². The standard InChI is InChI=1S/C37H40N4O7/c1-26(11-10-16-33(43)39(21-22-42)25-27-12-4-3-5-13-27)37(47)31-23-29(41-35(45)30-15-7-6-14-28(30)24-38-41)18-19-32(31)40(36(37)46)20-9-8-17-34(44)48-2/h3-7,10-15,18-19,23-24,26,42,47H,8-9,16-17,20-22,25H2,1-2H3/b11-10+/t26-,37+/m0/s1. The first kappa shape index (κ1) is 34.2. The number of nitrogens with zero attached hydrogens (tertiary/aromatic N) is 4. The number of rotatable bonds is 14. The van der Waals surface area contributed by atoms with Crippen molar-refractivity contribution in [2.75, 3.05) is 31.7 Å². The maximum Gasteiger partial charge on any atom is 0.305 e. The molecule has 0 spiro atoms. The van der Waals surface area contributed by atoms with E-state index in [1.807, 2.05) is 36.4 Å². The molecule has 0 saturated carbocycles. The largest absolute Gasteiger partial charge is 0.469 e. The molecule has 2 heterocycles. The molecule has 2 atom stereocenters. The van der Waals surface area contributed by atoms with Crippen molar-refractivity contribution in [1.29, 1.82) is 0 Å². The molecule has 4 aromatic rings. The highest BCUT2D eigenvalue weighted by molar-refractivity contribution is 6.07. The van der Waals surface area contributed by atoms with E-state index in [0.717, 1.165) is 5.56 Å². The molecule has 0 aliphatic carbocycles. The van der Waals surface area contributed by atoms with Gasteiger partial charge in [-0.25, -0.2) is 0 Å². The zero-order valence-electron chi connectivity index (χ0n) is 27.1. The number of fused-ring (bicyclic) bond motifs is 2. The number of unbranched alkanes of at least 4 members (excludes halogenated alkanes) is 1. The van der Waals surface area contributed by atoms with Gasteiger partial charge in [0.2, 0.25) is 5.91 Å². The molecule has 1 aromatic heterocycles. The summed E-state index contributed by atoms with van der Waals surface area (Å²) < 4.78 is 5.97. The highest BCUT2D eigenvalue weighted by Crippen LogP contribution is 2.46. The first-order valence-corrected chi connectivity index (χ1v) is 16.0. The Kier molecular flexibility index (Phi) is 10.8. The molecular weight excluding hydrogens is 612 g/mol. The average Bonchev–Trinajstić information content (AvgIpc) is 3.32. The summed E-state index contributed by atoms with van der Waals surface area (Å²) in [6, 6.07) is 21.6.